The molecule has 10 atom stereocenters. The van der Waals surface area contributed by atoms with Crippen molar-refractivity contribution in [2.75, 3.05) is 52.6 Å². The second kappa shape index (κ2) is 26.8. The van der Waals surface area contributed by atoms with Crippen LogP contribution in [0.2, 0.25) is 30.1 Å². The van der Waals surface area contributed by atoms with Crippen LogP contribution in [0.25, 0.3) is 33.9 Å². The zero-order chi connectivity index (χ0) is 63.3. The van der Waals surface area contributed by atoms with Crippen molar-refractivity contribution < 1.29 is 66.5 Å². The third-order valence-corrected chi connectivity index (χ3v) is 17.0. The third-order valence-electron chi connectivity index (χ3n) is 15.2. The predicted octanol–water partition coefficient (Wildman–Crippen LogP) is 7.06. The monoisotopic (exact) mass is 1350 g/mol. The third kappa shape index (κ3) is 13.1. The van der Waals surface area contributed by atoms with E-state index in [9.17, 15) is 47.6 Å². The fourth-order valence-electron chi connectivity index (χ4n) is 10.9. The molecule has 4 aromatic heterocycles. The zero-order valence-corrected chi connectivity index (χ0v) is 50.9. The minimum Gasteiger partial charge on any atom is -0.394 e. The van der Waals surface area contributed by atoms with E-state index in [1.54, 1.807) is 26.0 Å². The van der Waals surface area contributed by atoms with Crippen molar-refractivity contribution in [2.24, 2.45) is 0 Å². The van der Waals surface area contributed by atoms with Gasteiger partial charge in [-0.05, 0) is 80.9 Å². The Hall–Kier alpha value is -6.48. The van der Waals surface area contributed by atoms with Crippen LogP contribution < -0.4 is 0 Å². The van der Waals surface area contributed by atoms with Crippen molar-refractivity contribution in [3.63, 3.8) is 0 Å². The summed E-state index contributed by atoms with van der Waals surface area (Å²) >= 11 is 37.7. The molecular weight excluding hydrogens is 1310 g/mol. The Kier molecular flexibility index (Phi) is 19.3. The fraction of sp³-hybridized carbons (Fsp3) is 0.382. The van der Waals surface area contributed by atoms with Gasteiger partial charge in [-0.1, -0.05) is 80.0 Å². The zero-order valence-electron chi connectivity index (χ0n) is 46.3. The van der Waals surface area contributed by atoms with Crippen molar-refractivity contribution >= 4 is 81.4 Å². The number of hydrogen-bond acceptors (Lipinski definition) is 18. The topological polar surface area (TPSA) is 281 Å². The number of hydrogen-bond donors (Lipinski definition) is 4. The van der Waals surface area contributed by atoms with Gasteiger partial charge in [-0.2, -0.15) is 10.2 Å². The molecule has 0 spiro atoms. The van der Waals surface area contributed by atoms with Gasteiger partial charge in [0.2, 0.25) is 11.8 Å². The summed E-state index contributed by atoms with van der Waals surface area (Å²) in [5, 5.41) is 70.5. The maximum Gasteiger partial charge on any atom is 0.248 e. The Morgan fingerprint density at radius 3 is 1.34 bits per heavy atom. The first-order valence-electron chi connectivity index (χ1n) is 27.2. The van der Waals surface area contributed by atoms with E-state index in [0.717, 1.165) is 33.6 Å². The normalized spacial score (nSPS) is 23.3. The number of aryl methyl sites for hydroxylation is 2. The van der Waals surface area contributed by atoms with Gasteiger partial charge >= 0.3 is 0 Å². The number of halogens is 10. The van der Waals surface area contributed by atoms with Crippen molar-refractivity contribution in [3.8, 4) is 33.9 Å². The molecule has 24 nitrogen and oxygen atoms in total. The molecule has 7 heterocycles. The number of rotatable bonds is 16. The predicted molar refractivity (Wildman–Crippen MR) is 310 cm³/mol. The lowest BCUT2D eigenvalue weighted by molar-refractivity contribution is -0.224. The number of carbonyl (C=O) groups excluding carboxylic acids is 2. The van der Waals surface area contributed by atoms with Gasteiger partial charge < -0.3 is 49.2 Å². The largest absolute Gasteiger partial charge is 0.394 e. The second-order valence-corrected chi connectivity index (χ2v) is 23.4. The molecule has 470 valence electrons. The quantitative estimate of drug-likeness (QED) is 0.0556. The van der Waals surface area contributed by atoms with Crippen LogP contribution in [0.4, 0.5) is 17.6 Å². The molecule has 0 aliphatic carbocycles. The van der Waals surface area contributed by atoms with E-state index < -0.39 is 132 Å². The SMILES string of the molecule is Cc1nc(C2OC(CO)C(O)C(n3cc(-c4cc(F)c(Cl)c(F)c4)nn3)C2OCC(=O)N2CCCN(C(=O)COC3C(c4nc(C)nn4-c4cc(Cl)ccc4Cl)OC(CO)C(O)C3n3cc(-c4cc(F)c(Cl)c(F)c4)nn3)CC2)n(-c2cc(Cl)ccc2Cl)n1. The molecule has 34 heteroatoms. The number of aliphatic hydroxyl groups is 4. The summed E-state index contributed by atoms with van der Waals surface area (Å²) in [5.74, 6) is -4.96. The number of nitrogens with zero attached hydrogens (tertiary/aromatic N) is 14. The maximum absolute atomic E-state index is 14.7. The van der Waals surface area contributed by atoms with Gasteiger partial charge in [-0.15, -0.1) is 10.2 Å². The van der Waals surface area contributed by atoms with E-state index in [-0.39, 0.29) is 110 Å². The minimum atomic E-state index is -1.65. The molecular formula is C55H50Cl6F4N14O10. The van der Waals surface area contributed by atoms with Gasteiger partial charge in [0.25, 0.3) is 0 Å². The number of amides is 2. The van der Waals surface area contributed by atoms with E-state index in [2.05, 4.69) is 40.8 Å². The summed E-state index contributed by atoms with van der Waals surface area (Å²) in [5.41, 5.74) is 0.275. The average molecular weight is 1360 g/mol. The molecule has 0 saturated carbocycles. The van der Waals surface area contributed by atoms with Crippen LogP contribution in [0.3, 0.4) is 0 Å². The van der Waals surface area contributed by atoms with Crippen molar-refractivity contribution in [1.29, 1.82) is 0 Å². The first-order chi connectivity index (χ1) is 42.6. The van der Waals surface area contributed by atoms with Crippen LogP contribution in [-0.4, -0.2) is 191 Å². The molecule has 3 aliphatic heterocycles. The molecule has 4 aromatic carbocycles. The van der Waals surface area contributed by atoms with E-state index in [1.807, 2.05) is 0 Å². The summed E-state index contributed by atoms with van der Waals surface area (Å²) in [4.78, 5) is 41.2. The van der Waals surface area contributed by atoms with Crippen LogP contribution in [-0.2, 0) is 28.5 Å². The van der Waals surface area contributed by atoms with E-state index in [1.165, 1.54) is 55.8 Å². The van der Waals surface area contributed by atoms with E-state index in [4.69, 9.17) is 88.6 Å². The number of benzene rings is 4. The van der Waals surface area contributed by atoms with Crippen LogP contribution in [0.5, 0.6) is 0 Å². The Labute approximate surface area is 531 Å². The number of ether oxygens (including phenoxy) is 4. The first kappa shape index (κ1) is 64.1. The van der Waals surface area contributed by atoms with Crippen LogP contribution in [0.15, 0.2) is 73.1 Å². The summed E-state index contributed by atoms with van der Waals surface area (Å²) < 4.78 is 89.6. The highest BCUT2D eigenvalue weighted by atomic mass is 35.5. The maximum atomic E-state index is 14.7. The summed E-state index contributed by atoms with van der Waals surface area (Å²) in [6.45, 7) is 0.446. The van der Waals surface area contributed by atoms with Gasteiger partial charge in [-0.25, -0.2) is 46.3 Å². The molecule has 89 heavy (non-hydrogen) atoms. The number of carbonyl (C=O) groups is 2. The Morgan fingerprint density at radius 2 is 0.966 bits per heavy atom. The summed E-state index contributed by atoms with van der Waals surface area (Å²) in [6, 6.07) is 10.2. The molecule has 2 amide bonds. The van der Waals surface area contributed by atoms with Gasteiger partial charge in [0.1, 0.15) is 130 Å². The van der Waals surface area contributed by atoms with Gasteiger partial charge in [-0.3, -0.25) is 9.59 Å². The standard InChI is InChI=1S/C55H50Cl6F4N14O10/c1-24-66-54(78(70-24)38-16-28(56)4-6-30(38)58)52-50(46(48(84)40(20-80)88-52)76-18-36(68-72-76)26-12-32(62)44(60)33(63)13-26)86-22-42(82)74-8-3-9-75(11-10-74)43(83)23-87-51-47(77-19-37(69-73-77)27-14-34(64)45(61)35(65)15-27)49(85)41(21-81)89-53(51)55-67-25(2)71-79(55)39-17-29(57)5-7-31(39)59/h4-7,12-19,40-41,46-53,80-81,84-85H,3,8-11,20-23H2,1-2H3. The minimum absolute atomic E-state index is 0.0350. The van der Waals surface area contributed by atoms with E-state index in [0.29, 0.717) is 0 Å². The lowest BCUT2D eigenvalue weighted by Gasteiger charge is -2.43. The van der Waals surface area contributed by atoms with Crippen molar-refractivity contribution in [3.05, 3.63) is 150 Å². The molecule has 3 saturated heterocycles. The molecule has 0 bridgehead atoms. The van der Waals surface area contributed by atoms with Gasteiger partial charge in [0.05, 0.1) is 47.0 Å². The van der Waals surface area contributed by atoms with Crippen molar-refractivity contribution in [1.82, 2.24) is 69.3 Å². The highest BCUT2D eigenvalue weighted by molar-refractivity contribution is 6.35. The summed E-state index contributed by atoms with van der Waals surface area (Å²) in [6.07, 6.45) is -8.89. The first-order valence-corrected chi connectivity index (χ1v) is 29.5. The van der Waals surface area contributed by atoms with Crippen molar-refractivity contribution in [2.45, 2.75) is 81.2 Å². The lowest BCUT2D eigenvalue weighted by Crippen LogP contribution is -2.54. The second-order valence-electron chi connectivity index (χ2n) is 20.9. The van der Waals surface area contributed by atoms with E-state index >= 15 is 0 Å². The fourth-order valence-corrected chi connectivity index (χ4v) is 11.9. The van der Waals surface area contributed by atoms with Crippen LogP contribution in [0.1, 0.15) is 54.0 Å². The Balaban J connectivity index is 0.858. The molecule has 8 aromatic rings. The summed E-state index contributed by atoms with van der Waals surface area (Å²) in [7, 11) is 0. The molecule has 3 fully saturated rings. The Bertz CT molecular complexity index is 3670. The highest BCUT2D eigenvalue weighted by Crippen LogP contribution is 2.44. The van der Waals surface area contributed by atoms with Crippen LogP contribution in [0, 0.1) is 37.1 Å². The molecule has 10 unspecified atom stereocenters. The molecule has 11 rings (SSSR count). The van der Waals surface area contributed by atoms with Gasteiger partial charge in [0.15, 0.2) is 11.6 Å². The molecule has 4 N–H and O–H groups in total. The highest BCUT2D eigenvalue weighted by Gasteiger charge is 2.52. The molecule has 3 aliphatic rings. The van der Waals surface area contributed by atoms with Crippen LogP contribution >= 0.6 is 69.6 Å². The van der Waals surface area contributed by atoms with Gasteiger partial charge in [0, 0.05) is 47.4 Å². The number of aliphatic hydroxyl groups excluding tert-OH is 4. The molecule has 0 radical (unpaired) electrons. The average Bonchev–Trinajstić information content (AvgIpc) is 1.75. The smallest absolute Gasteiger partial charge is 0.248 e. The number of aromatic nitrogens is 12. The Morgan fingerprint density at radius 1 is 0.584 bits per heavy atom. The lowest BCUT2D eigenvalue weighted by atomic mass is 9.91.